The predicted molar refractivity (Wildman–Crippen MR) is 71.4 cm³/mol. The number of amides is 2. The number of piperidine rings is 1. The van der Waals surface area contributed by atoms with Gasteiger partial charge in [-0.2, -0.15) is 0 Å². The summed E-state index contributed by atoms with van der Waals surface area (Å²) in [6, 6.07) is 0.0751. The molecule has 1 saturated carbocycles. The molecule has 2 unspecified atom stereocenters. The number of likely N-dealkylation sites (tertiary alicyclic amines) is 1. The summed E-state index contributed by atoms with van der Waals surface area (Å²) < 4.78 is 0. The zero-order valence-corrected chi connectivity index (χ0v) is 11.4. The first-order chi connectivity index (χ1) is 9.20. The first kappa shape index (κ1) is 14.3. The predicted octanol–water partition coefficient (Wildman–Crippen LogP) is 0.666. The van der Waals surface area contributed by atoms with Crippen LogP contribution in [0.4, 0.5) is 0 Å². The van der Waals surface area contributed by atoms with Crippen LogP contribution in [0.25, 0.3) is 0 Å². The second-order valence-corrected chi connectivity index (χ2v) is 5.67. The van der Waals surface area contributed by atoms with E-state index in [0.717, 1.165) is 38.5 Å². The molecule has 2 N–H and O–H groups in total. The van der Waals surface area contributed by atoms with Gasteiger partial charge in [-0.25, -0.2) is 0 Å². The number of nitrogens with zero attached hydrogens (tertiary/aromatic N) is 1. The van der Waals surface area contributed by atoms with Crippen molar-refractivity contribution in [3.05, 3.63) is 0 Å². The molecule has 2 aliphatic rings. The third-order valence-electron chi connectivity index (χ3n) is 4.25. The van der Waals surface area contributed by atoms with E-state index in [1.807, 2.05) is 0 Å². The first-order valence-electron chi connectivity index (χ1n) is 7.38. The van der Waals surface area contributed by atoms with E-state index in [0.29, 0.717) is 13.0 Å². The van der Waals surface area contributed by atoms with E-state index in [1.54, 1.807) is 4.90 Å². The fourth-order valence-electron chi connectivity index (χ4n) is 3.07. The second-order valence-electron chi connectivity index (χ2n) is 5.67. The molecule has 0 aromatic rings. The number of carbonyl (C=O) groups excluding carboxylic acids is 2. The molecule has 0 radical (unpaired) electrons. The number of aliphatic hydroxyl groups is 1. The summed E-state index contributed by atoms with van der Waals surface area (Å²) in [6.45, 7) is 1.00. The molecule has 5 nitrogen and oxygen atoms in total. The Morgan fingerprint density at radius 1 is 1.26 bits per heavy atom. The van der Waals surface area contributed by atoms with E-state index in [-0.39, 0.29) is 36.9 Å². The Labute approximate surface area is 114 Å². The minimum atomic E-state index is -0.0828. The Kier molecular flexibility index (Phi) is 5.19. The van der Waals surface area contributed by atoms with E-state index in [2.05, 4.69) is 5.32 Å². The number of aliphatic hydroxyl groups excluding tert-OH is 1. The number of nitrogens with one attached hydrogen (secondary N) is 1. The van der Waals surface area contributed by atoms with E-state index in [1.165, 1.54) is 0 Å². The van der Waals surface area contributed by atoms with Crippen molar-refractivity contribution in [1.82, 2.24) is 10.2 Å². The number of hydrogen-bond donors (Lipinski definition) is 2. The van der Waals surface area contributed by atoms with E-state index < -0.39 is 0 Å². The highest BCUT2D eigenvalue weighted by Gasteiger charge is 2.27. The maximum Gasteiger partial charge on any atom is 0.239 e. The maximum absolute atomic E-state index is 12.0. The van der Waals surface area contributed by atoms with Crippen molar-refractivity contribution in [2.45, 2.75) is 51.0 Å². The lowest BCUT2D eigenvalue weighted by Crippen LogP contribution is -2.49. The number of rotatable bonds is 4. The van der Waals surface area contributed by atoms with Crippen LogP contribution < -0.4 is 5.32 Å². The lowest BCUT2D eigenvalue weighted by atomic mass is 9.85. The summed E-state index contributed by atoms with van der Waals surface area (Å²) in [6.07, 6.45) is 6.63. The minimum Gasteiger partial charge on any atom is -0.396 e. The summed E-state index contributed by atoms with van der Waals surface area (Å²) in [7, 11) is 0. The Balaban J connectivity index is 1.81. The second kappa shape index (κ2) is 6.89. The lowest BCUT2D eigenvalue weighted by Gasteiger charge is -2.32. The number of hydrogen-bond acceptors (Lipinski definition) is 3. The molecule has 19 heavy (non-hydrogen) atoms. The molecule has 2 rings (SSSR count). The highest BCUT2D eigenvalue weighted by molar-refractivity contribution is 5.85. The van der Waals surface area contributed by atoms with Gasteiger partial charge in [-0.15, -0.1) is 0 Å². The number of carbonyl (C=O) groups is 2. The summed E-state index contributed by atoms with van der Waals surface area (Å²) in [5.41, 5.74) is 0. The van der Waals surface area contributed by atoms with Crippen LogP contribution in [0.3, 0.4) is 0 Å². The van der Waals surface area contributed by atoms with E-state index >= 15 is 0 Å². The van der Waals surface area contributed by atoms with Gasteiger partial charge in [0.05, 0.1) is 6.54 Å². The van der Waals surface area contributed by atoms with Gasteiger partial charge in [-0.3, -0.25) is 9.59 Å². The molecule has 1 aliphatic heterocycles. The fraction of sp³-hybridized carbons (Fsp3) is 0.857. The first-order valence-corrected chi connectivity index (χ1v) is 7.38. The molecule has 2 amide bonds. The molecule has 1 aliphatic carbocycles. The molecule has 108 valence electrons. The topological polar surface area (TPSA) is 69.6 Å². The van der Waals surface area contributed by atoms with Crippen LogP contribution in [0.2, 0.25) is 0 Å². The fourth-order valence-corrected chi connectivity index (χ4v) is 3.07. The Bertz CT molecular complexity index is 333. The quantitative estimate of drug-likeness (QED) is 0.787. The highest BCUT2D eigenvalue weighted by atomic mass is 16.3. The molecule has 0 aromatic carbocycles. The zero-order chi connectivity index (χ0) is 13.7. The van der Waals surface area contributed by atoms with Crippen molar-refractivity contribution >= 4 is 11.8 Å². The van der Waals surface area contributed by atoms with Gasteiger partial charge in [0.1, 0.15) is 0 Å². The molecular weight excluding hydrogens is 244 g/mol. The summed E-state index contributed by atoms with van der Waals surface area (Å²) in [4.78, 5) is 25.3. The van der Waals surface area contributed by atoms with Crippen LogP contribution in [-0.4, -0.2) is 47.6 Å². The molecule has 5 heteroatoms. The third kappa shape index (κ3) is 3.93. The van der Waals surface area contributed by atoms with Crippen LogP contribution in [0, 0.1) is 5.92 Å². The van der Waals surface area contributed by atoms with Crippen LogP contribution in [-0.2, 0) is 9.59 Å². The Hall–Kier alpha value is -1.10. The van der Waals surface area contributed by atoms with Crippen LogP contribution >= 0.6 is 0 Å². The molecule has 1 saturated heterocycles. The van der Waals surface area contributed by atoms with E-state index in [4.69, 9.17) is 0 Å². The van der Waals surface area contributed by atoms with Gasteiger partial charge in [0.2, 0.25) is 11.8 Å². The molecule has 2 atom stereocenters. The smallest absolute Gasteiger partial charge is 0.239 e. The van der Waals surface area contributed by atoms with Gasteiger partial charge in [-0.1, -0.05) is 12.8 Å². The van der Waals surface area contributed by atoms with Crippen LogP contribution in [0.1, 0.15) is 44.9 Å². The van der Waals surface area contributed by atoms with Gasteiger partial charge in [0.25, 0.3) is 0 Å². The highest BCUT2D eigenvalue weighted by Crippen LogP contribution is 2.23. The van der Waals surface area contributed by atoms with Gasteiger partial charge in [0.15, 0.2) is 0 Å². The summed E-state index contributed by atoms with van der Waals surface area (Å²) in [5.74, 6) is 0.180. The third-order valence-corrected chi connectivity index (χ3v) is 4.25. The molecule has 0 aromatic heterocycles. The van der Waals surface area contributed by atoms with Crippen LogP contribution in [0.15, 0.2) is 0 Å². The molecule has 0 spiro atoms. The van der Waals surface area contributed by atoms with Gasteiger partial charge in [0, 0.05) is 31.5 Å². The van der Waals surface area contributed by atoms with Gasteiger partial charge < -0.3 is 15.3 Å². The van der Waals surface area contributed by atoms with Crippen molar-refractivity contribution < 1.29 is 14.7 Å². The average molecular weight is 268 g/mol. The lowest BCUT2D eigenvalue weighted by molar-refractivity contribution is -0.138. The largest absolute Gasteiger partial charge is 0.396 e. The monoisotopic (exact) mass is 268 g/mol. The van der Waals surface area contributed by atoms with Crippen molar-refractivity contribution in [3.63, 3.8) is 0 Å². The molecule has 2 fully saturated rings. The van der Waals surface area contributed by atoms with Gasteiger partial charge >= 0.3 is 0 Å². The minimum absolute atomic E-state index is 0.0751. The standard InChI is InChI=1S/C14H24N2O3/c17-10-11-5-1-2-6-12(11)15-13(18)9-16-8-4-3-7-14(16)19/h11-12,17H,1-10H2,(H,15,18). The van der Waals surface area contributed by atoms with Crippen molar-refractivity contribution in [3.8, 4) is 0 Å². The van der Waals surface area contributed by atoms with Crippen molar-refractivity contribution in [2.75, 3.05) is 19.7 Å². The van der Waals surface area contributed by atoms with Crippen molar-refractivity contribution in [1.29, 1.82) is 0 Å². The zero-order valence-electron chi connectivity index (χ0n) is 11.4. The normalized spacial score (nSPS) is 28.3. The molecular formula is C14H24N2O3. The summed E-state index contributed by atoms with van der Waals surface area (Å²) >= 11 is 0. The average Bonchev–Trinajstić information content (AvgIpc) is 2.42. The molecule has 1 heterocycles. The Morgan fingerprint density at radius 3 is 2.79 bits per heavy atom. The summed E-state index contributed by atoms with van der Waals surface area (Å²) in [5, 5.41) is 12.3. The Morgan fingerprint density at radius 2 is 2.05 bits per heavy atom. The van der Waals surface area contributed by atoms with Crippen molar-refractivity contribution in [2.24, 2.45) is 5.92 Å². The van der Waals surface area contributed by atoms with Gasteiger partial charge in [-0.05, 0) is 25.7 Å². The maximum atomic E-state index is 12.0. The SMILES string of the molecule is O=C(CN1CCCCC1=O)NC1CCCCC1CO. The molecule has 0 bridgehead atoms. The van der Waals surface area contributed by atoms with Crippen LogP contribution in [0.5, 0.6) is 0 Å². The van der Waals surface area contributed by atoms with E-state index in [9.17, 15) is 14.7 Å².